The van der Waals surface area contributed by atoms with Gasteiger partial charge in [0.25, 0.3) is 0 Å². The van der Waals surface area contributed by atoms with Crippen molar-refractivity contribution >= 4 is 18.1 Å². The van der Waals surface area contributed by atoms with Crippen LogP contribution in [0.3, 0.4) is 0 Å². The molecule has 0 radical (unpaired) electrons. The maximum Gasteiger partial charge on any atom is 0.343 e. The minimum atomic E-state index is -0.514. The molecule has 2 fully saturated rings. The number of para-hydroxylation sites is 1. The Balaban J connectivity index is 1.31. The molecule has 1 amide bonds. The van der Waals surface area contributed by atoms with Gasteiger partial charge in [0.1, 0.15) is 22.8 Å². The summed E-state index contributed by atoms with van der Waals surface area (Å²) < 4.78 is 16.7. The Kier molecular flexibility index (Phi) is 6.03. The third-order valence-electron chi connectivity index (χ3n) is 6.29. The van der Waals surface area contributed by atoms with Crippen LogP contribution in [-0.2, 0) is 9.53 Å². The van der Waals surface area contributed by atoms with Gasteiger partial charge in [0.2, 0.25) is 12.3 Å². The number of carbonyl (C=O) groups excluding carboxylic acids is 2. The smallest absolute Gasteiger partial charge is 0.343 e. The summed E-state index contributed by atoms with van der Waals surface area (Å²) in [6, 6.07) is 18.4. The molecule has 2 aromatic carbocycles. The van der Waals surface area contributed by atoms with E-state index in [0.29, 0.717) is 23.3 Å². The van der Waals surface area contributed by atoms with Crippen LogP contribution >= 0.6 is 0 Å². The topological polar surface area (TPSA) is 81.2 Å². The van der Waals surface area contributed by atoms with Gasteiger partial charge in [-0.15, -0.1) is 0 Å². The van der Waals surface area contributed by atoms with Gasteiger partial charge in [0, 0.05) is 38.0 Å². The molecule has 0 N–H and O–H groups in total. The Labute approximate surface area is 197 Å². The molecule has 2 atom stereocenters. The van der Waals surface area contributed by atoms with Crippen LogP contribution in [-0.4, -0.2) is 55.6 Å². The summed E-state index contributed by atoms with van der Waals surface area (Å²) in [5, 5.41) is 0. The predicted molar refractivity (Wildman–Crippen MR) is 125 cm³/mol. The molecule has 0 saturated carbocycles. The first-order valence-electron chi connectivity index (χ1n) is 11.2. The first-order chi connectivity index (χ1) is 16.6. The van der Waals surface area contributed by atoms with E-state index in [4.69, 9.17) is 14.2 Å². The zero-order valence-electron chi connectivity index (χ0n) is 18.8. The Morgan fingerprint density at radius 3 is 2.15 bits per heavy atom. The van der Waals surface area contributed by atoms with Crippen LogP contribution in [0.5, 0.6) is 23.1 Å². The number of rotatable bonds is 7. The number of fused-ring (bicyclic) bond motifs is 1. The number of nitrogens with zero attached hydrogens (tertiary/aromatic N) is 3. The van der Waals surface area contributed by atoms with Gasteiger partial charge < -0.3 is 24.0 Å². The van der Waals surface area contributed by atoms with E-state index in [-0.39, 0.29) is 11.4 Å². The molecule has 2 unspecified atom stereocenters. The van der Waals surface area contributed by atoms with Crippen molar-refractivity contribution in [1.29, 1.82) is 0 Å². The molecular weight excluding hydrogens is 434 g/mol. The first-order valence-corrected chi connectivity index (χ1v) is 11.2. The van der Waals surface area contributed by atoms with Crippen molar-refractivity contribution in [3.63, 3.8) is 0 Å². The molecule has 0 bridgehead atoms. The summed E-state index contributed by atoms with van der Waals surface area (Å²) in [6.07, 6.45) is 2.64. The second-order valence-electron chi connectivity index (χ2n) is 8.51. The van der Waals surface area contributed by atoms with Gasteiger partial charge in [-0.3, -0.25) is 4.79 Å². The summed E-state index contributed by atoms with van der Waals surface area (Å²) in [7, 11) is 1.34. The number of ether oxygens (including phenoxy) is 3. The number of anilines is 1. The van der Waals surface area contributed by atoms with E-state index in [9.17, 15) is 9.59 Å². The number of amides is 1. The van der Waals surface area contributed by atoms with E-state index in [1.165, 1.54) is 7.11 Å². The molecule has 2 saturated heterocycles. The average molecular weight is 460 g/mol. The fraction of sp³-hybridized carbons (Fsp3) is 0.269. The van der Waals surface area contributed by atoms with Crippen LogP contribution in [0.4, 0.5) is 5.69 Å². The molecule has 8 heteroatoms. The van der Waals surface area contributed by atoms with Gasteiger partial charge in [0.15, 0.2) is 0 Å². The van der Waals surface area contributed by atoms with Gasteiger partial charge in [0.05, 0.1) is 19.0 Å². The van der Waals surface area contributed by atoms with Crippen LogP contribution < -0.4 is 14.4 Å². The number of hydrogen-bond donors (Lipinski definition) is 0. The molecule has 2 aliphatic rings. The highest BCUT2D eigenvalue weighted by Gasteiger charge is 2.40. The van der Waals surface area contributed by atoms with Gasteiger partial charge in [-0.1, -0.05) is 18.2 Å². The highest BCUT2D eigenvalue weighted by molar-refractivity contribution is 5.93. The number of hydrogen-bond acceptors (Lipinski definition) is 7. The summed E-state index contributed by atoms with van der Waals surface area (Å²) in [4.78, 5) is 32.0. The molecule has 0 aliphatic carbocycles. The van der Waals surface area contributed by atoms with E-state index in [0.717, 1.165) is 44.0 Å². The minimum absolute atomic E-state index is 0.179. The van der Waals surface area contributed by atoms with Crippen LogP contribution in [0.15, 0.2) is 66.9 Å². The highest BCUT2D eigenvalue weighted by Crippen LogP contribution is 2.35. The molecular formula is C26H25N3O5. The maximum atomic E-state index is 12.5. The molecule has 3 heterocycles. The minimum Gasteiger partial charge on any atom is -0.465 e. The fourth-order valence-electron chi connectivity index (χ4n) is 4.59. The van der Waals surface area contributed by atoms with Crippen LogP contribution in [0.2, 0.25) is 0 Å². The zero-order chi connectivity index (χ0) is 23.5. The van der Waals surface area contributed by atoms with Crippen LogP contribution in [0.25, 0.3) is 0 Å². The Hall–Kier alpha value is -4.07. The number of benzene rings is 2. The first kappa shape index (κ1) is 21.8. The standard InChI is InChI=1S/C26H25N3O5/c1-32-26(31)24-11-20(29-15-18-13-28(17-30)14-19(18)16-29)12-27-25(24)34-23-9-7-22(8-10-23)33-21-5-3-2-4-6-21/h2-12,17-19H,13-16H2,1H3. The van der Waals surface area contributed by atoms with Gasteiger partial charge in [-0.2, -0.15) is 0 Å². The van der Waals surface area contributed by atoms with Crippen molar-refractivity contribution in [3.05, 3.63) is 72.4 Å². The quantitative estimate of drug-likeness (QED) is 0.391. The van der Waals surface area contributed by atoms with Crippen molar-refractivity contribution in [2.75, 3.05) is 38.2 Å². The van der Waals surface area contributed by atoms with Crippen molar-refractivity contribution in [1.82, 2.24) is 9.88 Å². The fourth-order valence-corrected chi connectivity index (χ4v) is 4.59. The lowest BCUT2D eigenvalue weighted by molar-refractivity contribution is -0.117. The van der Waals surface area contributed by atoms with Crippen molar-refractivity contribution in [2.24, 2.45) is 11.8 Å². The number of pyridine rings is 1. The molecule has 0 spiro atoms. The lowest BCUT2D eigenvalue weighted by Gasteiger charge is -2.22. The molecule has 174 valence electrons. The monoisotopic (exact) mass is 459 g/mol. The van der Waals surface area contributed by atoms with E-state index in [2.05, 4.69) is 9.88 Å². The molecule has 5 rings (SSSR count). The number of esters is 1. The van der Waals surface area contributed by atoms with E-state index in [1.54, 1.807) is 36.5 Å². The van der Waals surface area contributed by atoms with Crippen molar-refractivity contribution < 1.29 is 23.8 Å². The predicted octanol–water partition coefficient (Wildman–Crippen LogP) is 3.98. The number of methoxy groups -OCH3 is 1. The summed E-state index contributed by atoms with van der Waals surface area (Å²) in [6.45, 7) is 3.18. The second-order valence-corrected chi connectivity index (χ2v) is 8.51. The van der Waals surface area contributed by atoms with Gasteiger partial charge in [-0.05, 0) is 42.5 Å². The third-order valence-corrected chi connectivity index (χ3v) is 6.29. The highest BCUT2D eigenvalue weighted by atomic mass is 16.5. The van der Waals surface area contributed by atoms with Crippen LogP contribution in [0, 0.1) is 11.8 Å². The Morgan fingerprint density at radius 1 is 0.912 bits per heavy atom. The lowest BCUT2D eigenvalue weighted by atomic mass is 10.0. The molecule has 8 nitrogen and oxygen atoms in total. The van der Waals surface area contributed by atoms with E-state index < -0.39 is 5.97 Å². The van der Waals surface area contributed by atoms with Gasteiger partial charge in [-0.25, -0.2) is 9.78 Å². The number of carbonyl (C=O) groups is 2. The normalized spacial score (nSPS) is 19.0. The SMILES string of the molecule is COC(=O)c1cc(N2CC3CN(C=O)CC3C2)cnc1Oc1ccc(Oc2ccccc2)cc1. The number of likely N-dealkylation sites (tertiary alicyclic amines) is 1. The van der Waals surface area contributed by atoms with E-state index >= 15 is 0 Å². The number of aromatic nitrogens is 1. The maximum absolute atomic E-state index is 12.5. The summed E-state index contributed by atoms with van der Waals surface area (Å²) in [5.41, 5.74) is 1.10. The molecule has 3 aromatic rings. The average Bonchev–Trinajstić information content (AvgIpc) is 3.45. The second kappa shape index (κ2) is 9.43. The molecule has 2 aliphatic heterocycles. The third kappa shape index (κ3) is 4.52. The molecule has 34 heavy (non-hydrogen) atoms. The largest absolute Gasteiger partial charge is 0.465 e. The zero-order valence-corrected chi connectivity index (χ0v) is 18.8. The van der Waals surface area contributed by atoms with Crippen molar-refractivity contribution in [3.8, 4) is 23.1 Å². The van der Waals surface area contributed by atoms with Gasteiger partial charge >= 0.3 is 5.97 Å². The summed E-state index contributed by atoms with van der Waals surface area (Å²) in [5.74, 6) is 2.46. The summed E-state index contributed by atoms with van der Waals surface area (Å²) >= 11 is 0. The van der Waals surface area contributed by atoms with E-state index in [1.807, 2.05) is 35.2 Å². The van der Waals surface area contributed by atoms with Crippen LogP contribution in [0.1, 0.15) is 10.4 Å². The van der Waals surface area contributed by atoms with Crippen molar-refractivity contribution in [2.45, 2.75) is 0 Å². The Bertz CT molecular complexity index is 1150. The molecule has 1 aromatic heterocycles. The lowest BCUT2D eigenvalue weighted by Crippen LogP contribution is -2.28. The Morgan fingerprint density at radius 2 is 1.53 bits per heavy atom.